The van der Waals surface area contributed by atoms with Crippen molar-refractivity contribution in [2.24, 2.45) is 5.92 Å². The highest BCUT2D eigenvalue weighted by Crippen LogP contribution is 2.24. The maximum atomic E-state index is 5.39. The van der Waals surface area contributed by atoms with E-state index in [9.17, 15) is 0 Å². The Morgan fingerprint density at radius 2 is 2.40 bits per heavy atom. The Bertz CT molecular complexity index is 112. The predicted molar refractivity (Wildman–Crippen MR) is 40.0 cm³/mol. The lowest BCUT2D eigenvalue weighted by Gasteiger charge is -2.28. The van der Waals surface area contributed by atoms with E-state index in [1.807, 2.05) is 0 Å². The van der Waals surface area contributed by atoms with Crippen LogP contribution in [0.5, 0.6) is 0 Å². The molecule has 2 aliphatic rings. The van der Waals surface area contributed by atoms with Crippen molar-refractivity contribution in [3.05, 3.63) is 0 Å². The average molecular weight is 141 g/mol. The Balaban J connectivity index is 1.97. The largest absolute Gasteiger partial charge is 0.378 e. The van der Waals surface area contributed by atoms with E-state index in [1.54, 1.807) is 0 Å². The van der Waals surface area contributed by atoms with Crippen LogP contribution in [0.15, 0.2) is 0 Å². The first-order valence-electron chi connectivity index (χ1n) is 4.18. The maximum absolute atomic E-state index is 5.39. The first-order chi connectivity index (χ1) is 4.86. The van der Waals surface area contributed by atoms with Crippen LogP contribution in [0.3, 0.4) is 0 Å². The van der Waals surface area contributed by atoms with E-state index in [4.69, 9.17) is 4.74 Å². The van der Waals surface area contributed by atoms with Gasteiger partial charge in [0.2, 0.25) is 0 Å². The lowest BCUT2D eigenvalue weighted by atomic mass is 10.1. The SMILES string of the molecule is C[C@H]1CC2COCCN2C1. The number of rotatable bonds is 0. The molecule has 10 heavy (non-hydrogen) atoms. The second kappa shape index (κ2) is 2.51. The molecule has 0 radical (unpaired) electrons. The molecule has 0 amide bonds. The van der Waals surface area contributed by atoms with E-state index in [0.717, 1.165) is 31.7 Å². The lowest BCUT2D eigenvalue weighted by Crippen LogP contribution is -2.40. The molecule has 2 rings (SSSR count). The van der Waals surface area contributed by atoms with Gasteiger partial charge in [0.1, 0.15) is 0 Å². The summed E-state index contributed by atoms with van der Waals surface area (Å²) in [4.78, 5) is 2.56. The first-order valence-corrected chi connectivity index (χ1v) is 4.18. The van der Waals surface area contributed by atoms with Crippen LogP contribution in [0.25, 0.3) is 0 Å². The van der Waals surface area contributed by atoms with Crippen LogP contribution in [0, 0.1) is 5.92 Å². The molecule has 0 aliphatic carbocycles. The fourth-order valence-corrected chi connectivity index (χ4v) is 2.09. The highest BCUT2D eigenvalue weighted by atomic mass is 16.5. The molecule has 0 bridgehead atoms. The number of hydrogen-bond acceptors (Lipinski definition) is 2. The topological polar surface area (TPSA) is 12.5 Å². The van der Waals surface area contributed by atoms with Gasteiger partial charge in [-0.3, -0.25) is 4.90 Å². The van der Waals surface area contributed by atoms with Gasteiger partial charge in [-0.2, -0.15) is 0 Å². The van der Waals surface area contributed by atoms with Crippen molar-refractivity contribution < 1.29 is 4.74 Å². The van der Waals surface area contributed by atoms with Crippen LogP contribution in [-0.4, -0.2) is 37.2 Å². The molecule has 2 atom stereocenters. The minimum atomic E-state index is 0.753. The third-order valence-electron chi connectivity index (χ3n) is 2.57. The highest BCUT2D eigenvalue weighted by Gasteiger charge is 2.31. The van der Waals surface area contributed by atoms with Gasteiger partial charge in [0.25, 0.3) is 0 Å². The smallest absolute Gasteiger partial charge is 0.0622 e. The van der Waals surface area contributed by atoms with Gasteiger partial charge in [0.05, 0.1) is 13.2 Å². The first kappa shape index (κ1) is 6.62. The second-order valence-electron chi connectivity index (χ2n) is 3.56. The Morgan fingerprint density at radius 1 is 1.50 bits per heavy atom. The molecule has 58 valence electrons. The number of ether oxygens (including phenoxy) is 1. The average Bonchev–Trinajstić information content (AvgIpc) is 2.27. The predicted octanol–water partition coefficient (Wildman–Crippen LogP) is 0.727. The van der Waals surface area contributed by atoms with Gasteiger partial charge in [0.15, 0.2) is 0 Å². The van der Waals surface area contributed by atoms with Crippen LogP contribution in [0.2, 0.25) is 0 Å². The van der Waals surface area contributed by atoms with Gasteiger partial charge in [-0.25, -0.2) is 0 Å². The quantitative estimate of drug-likeness (QED) is 0.493. The molecular formula is C8H15NO. The van der Waals surface area contributed by atoms with E-state index in [1.165, 1.54) is 13.0 Å². The number of morpholine rings is 1. The molecule has 0 aromatic heterocycles. The third kappa shape index (κ3) is 1.06. The number of hydrogen-bond donors (Lipinski definition) is 0. The molecule has 2 nitrogen and oxygen atoms in total. The summed E-state index contributed by atoms with van der Waals surface area (Å²) in [6.07, 6.45) is 1.35. The molecule has 2 fully saturated rings. The van der Waals surface area contributed by atoms with Crippen molar-refractivity contribution in [2.75, 3.05) is 26.3 Å². The standard InChI is InChI=1S/C8H15NO/c1-7-4-8-6-10-3-2-9(8)5-7/h7-8H,2-6H2,1H3/t7-,8?/m0/s1. The van der Waals surface area contributed by atoms with Gasteiger partial charge >= 0.3 is 0 Å². The summed E-state index contributed by atoms with van der Waals surface area (Å²) >= 11 is 0. The Kier molecular flexibility index (Phi) is 1.66. The summed E-state index contributed by atoms with van der Waals surface area (Å²) in [6, 6.07) is 0.753. The van der Waals surface area contributed by atoms with Gasteiger partial charge in [-0.15, -0.1) is 0 Å². The summed E-state index contributed by atoms with van der Waals surface area (Å²) in [5, 5.41) is 0. The van der Waals surface area contributed by atoms with Crippen molar-refractivity contribution >= 4 is 0 Å². The molecule has 0 spiro atoms. The van der Waals surface area contributed by atoms with Crippen LogP contribution >= 0.6 is 0 Å². The molecule has 0 aromatic rings. The van der Waals surface area contributed by atoms with Gasteiger partial charge < -0.3 is 4.74 Å². The monoisotopic (exact) mass is 141 g/mol. The van der Waals surface area contributed by atoms with E-state index < -0.39 is 0 Å². The molecule has 2 heterocycles. The van der Waals surface area contributed by atoms with Crippen molar-refractivity contribution in [3.63, 3.8) is 0 Å². The zero-order chi connectivity index (χ0) is 6.97. The van der Waals surface area contributed by atoms with Crippen LogP contribution < -0.4 is 0 Å². The van der Waals surface area contributed by atoms with Crippen molar-refractivity contribution in [1.82, 2.24) is 4.90 Å². The summed E-state index contributed by atoms with van der Waals surface area (Å²) in [5.74, 6) is 0.895. The summed E-state index contributed by atoms with van der Waals surface area (Å²) < 4.78 is 5.39. The van der Waals surface area contributed by atoms with E-state index in [-0.39, 0.29) is 0 Å². The molecule has 1 unspecified atom stereocenters. The fraction of sp³-hybridized carbons (Fsp3) is 1.00. The molecular weight excluding hydrogens is 126 g/mol. The molecule has 2 saturated heterocycles. The van der Waals surface area contributed by atoms with Crippen molar-refractivity contribution in [2.45, 2.75) is 19.4 Å². The third-order valence-corrected chi connectivity index (χ3v) is 2.57. The van der Waals surface area contributed by atoms with E-state index >= 15 is 0 Å². The highest BCUT2D eigenvalue weighted by molar-refractivity contribution is 4.84. The van der Waals surface area contributed by atoms with E-state index in [2.05, 4.69) is 11.8 Å². The van der Waals surface area contributed by atoms with Gasteiger partial charge in [0, 0.05) is 19.1 Å². The minimum absolute atomic E-state index is 0.753. The molecule has 0 N–H and O–H groups in total. The Labute approximate surface area is 62.2 Å². The van der Waals surface area contributed by atoms with Crippen LogP contribution in [0.1, 0.15) is 13.3 Å². The van der Waals surface area contributed by atoms with Crippen LogP contribution in [0.4, 0.5) is 0 Å². The van der Waals surface area contributed by atoms with Crippen molar-refractivity contribution in [1.29, 1.82) is 0 Å². The molecule has 2 aliphatic heterocycles. The summed E-state index contributed by atoms with van der Waals surface area (Å²) in [7, 11) is 0. The summed E-state index contributed by atoms with van der Waals surface area (Å²) in [6.45, 7) is 6.72. The Morgan fingerprint density at radius 3 is 3.20 bits per heavy atom. The van der Waals surface area contributed by atoms with Gasteiger partial charge in [-0.1, -0.05) is 6.92 Å². The lowest BCUT2D eigenvalue weighted by molar-refractivity contribution is 0.0128. The molecule has 0 saturated carbocycles. The Hall–Kier alpha value is -0.0800. The number of fused-ring (bicyclic) bond motifs is 1. The summed E-state index contributed by atoms with van der Waals surface area (Å²) in [5.41, 5.74) is 0. The zero-order valence-corrected chi connectivity index (χ0v) is 6.55. The van der Waals surface area contributed by atoms with Crippen LogP contribution in [-0.2, 0) is 4.74 Å². The van der Waals surface area contributed by atoms with Crippen molar-refractivity contribution in [3.8, 4) is 0 Å². The molecule has 2 heteroatoms. The second-order valence-corrected chi connectivity index (χ2v) is 3.56. The maximum Gasteiger partial charge on any atom is 0.0622 e. The zero-order valence-electron chi connectivity index (χ0n) is 6.55. The van der Waals surface area contributed by atoms with Gasteiger partial charge in [-0.05, 0) is 12.3 Å². The minimum Gasteiger partial charge on any atom is -0.378 e. The fourth-order valence-electron chi connectivity index (χ4n) is 2.09. The van der Waals surface area contributed by atoms with E-state index in [0.29, 0.717) is 0 Å². The number of nitrogens with zero attached hydrogens (tertiary/aromatic N) is 1. The normalized spacial score (nSPS) is 41.7. The molecule has 0 aromatic carbocycles.